The van der Waals surface area contributed by atoms with Crippen LogP contribution < -0.4 is 15.9 Å². The van der Waals surface area contributed by atoms with Crippen molar-refractivity contribution < 1.29 is 9.21 Å². The van der Waals surface area contributed by atoms with E-state index in [0.717, 1.165) is 29.2 Å². The number of carbonyl (C=O) groups excluding carboxylic acids is 1. The van der Waals surface area contributed by atoms with Gasteiger partial charge in [-0.3, -0.25) is 10.1 Å². The molecule has 8 heteroatoms. The van der Waals surface area contributed by atoms with Crippen LogP contribution in [0.4, 0.5) is 0 Å². The van der Waals surface area contributed by atoms with Crippen molar-refractivity contribution in [1.29, 1.82) is 0 Å². The van der Waals surface area contributed by atoms with Gasteiger partial charge >= 0.3 is 0 Å². The van der Waals surface area contributed by atoms with Gasteiger partial charge in [0.05, 0.1) is 5.36 Å². The highest BCUT2D eigenvalue weighted by Gasteiger charge is 2.35. The molecule has 26 heavy (non-hydrogen) atoms. The highest BCUT2D eigenvalue weighted by Crippen LogP contribution is 2.32. The number of furan rings is 1. The third-order valence-corrected chi connectivity index (χ3v) is 5.48. The topological polar surface area (TPSA) is 70.2 Å². The lowest BCUT2D eigenvalue weighted by Gasteiger charge is -2.32. The Morgan fingerprint density at radius 2 is 2.15 bits per heavy atom. The molecule has 134 valence electrons. The van der Waals surface area contributed by atoms with Crippen LogP contribution in [0.2, 0.25) is 0 Å². The minimum Gasteiger partial charge on any atom is -0.450 e. The number of hydrazone groups is 1. The number of nitrogens with zero attached hydrogens (tertiary/aromatic N) is 3. The molecule has 2 aliphatic rings. The largest absolute Gasteiger partial charge is 0.450 e. The van der Waals surface area contributed by atoms with E-state index in [4.69, 9.17) is 9.41 Å². The molecule has 1 atom stereocenters. The lowest BCUT2D eigenvalue weighted by atomic mass is 10.1. The van der Waals surface area contributed by atoms with E-state index in [2.05, 4.69) is 33.3 Å². The van der Waals surface area contributed by atoms with Gasteiger partial charge in [0.2, 0.25) is 6.17 Å². The molecule has 2 aromatic rings. The molecule has 1 N–H and O–H groups in total. The molecule has 0 unspecified atom stereocenters. The molecule has 4 rings (SSSR count). The molecular weight excluding hydrogens is 416 g/mol. The first kappa shape index (κ1) is 17.4. The first-order chi connectivity index (χ1) is 12.7. The fourth-order valence-electron chi connectivity index (χ4n) is 2.86. The average Bonchev–Trinajstić information content (AvgIpc) is 3.07. The number of hydrogen-bond donors (Lipinski definition) is 1. The van der Waals surface area contributed by atoms with E-state index >= 15 is 0 Å². The molecule has 0 radical (unpaired) electrons. The van der Waals surface area contributed by atoms with Crippen molar-refractivity contribution in [2.24, 2.45) is 10.1 Å². The Labute approximate surface area is 163 Å². The highest BCUT2D eigenvalue weighted by molar-refractivity contribution is 9.10. The minimum absolute atomic E-state index is 0.169. The SMILES string of the molecule is CCCCSC1=NN2C(=c3ccccc3=N[C@H]2c2ccc(Br)o2)C(=O)N1. The first-order valence-electron chi connectivity index (χ1n) is 8.42. The number of rotatable bonds is 4. The molecule has 0 fully saturated rings. The summed E-state index contributed by atoms with van der Waals surface area (Å²) in [6, 6.07) is 11.2. The number of hydrogen-bond acceptors (Lipinski definition) is 6. The zero-order chi connectivity index (χ0) is 18.1. The smallest absolute Gasteiger partial charge is 0.276 e. The van der Waals surface area contributed by atoms with Gasteiger partial charge in [-0.25, -0.2) is 10.0 Å². The van der Waals surface area contributed by atoms with Gasteiger partial charge in [0.25, 0.3) is 5.91 Å². The molecule has 2 aliphatic heterocycles. The van der Waals surface area contributed by atoms with Gasteiger partial charge in [0.1, 0.15) is 5.70 Å². The van der Waals surface area contributed by atoms with Crippen LogP contribution in [0.1, 0.15) is 31.7 Å². The Morgan fingerprint density at radius 3 is 2.92 bits per heavy atom. The molecule has 1 aromatic carbocycles. The van der Waals surface area contributed by atoms with E-state index < -0.39 is 6.17 Å². The summed E-state index contributed by atoms with van der Waals surface area (Å²) in [6.45, 7) is 2.14. The van der Waals surface area contributed by atoms with Crippen LogP contribution in [0, 0.1) is 0 Å². The monoisotopic (exact) mass is 432 g/mol. The Kier molecular flexibility index (Phi) is 4.86. The van der Waals surface area contributed by atoms with Gasteiger partial charge in [0, 0.05) is 11.0 Å². The maximum absolute atomic E-state index is 12.9. The first-order valence-corrected chi connectivity index (χ1v) is 10.2. The van der Waals surface area contributed by atoms with E-state index in [1.54, 1.807) is 16.8 Å². The van der Waals surface area contributed by atoms with Gasteiger partial charge in [-0.1, -0.05) is 43.3 Å². The van der Waals surface area contributed by atoms with Crippen LogP contribution in [0.15, 0.2) is 55.6 Å². The lowest BCUT2D eigenvalue weighted by molar-refractivity contribution is -0.116. The van der Waals surface area contributed by atoms with E-state index in [0.29, 0.717) is 21.3 Å². The van der Waals surface area contributed by atoms with Gasteiger partial charge in [-0.05, 0) is 40.5 Å². The standard InChI is InChI=1S/C18H17BrN4O2S/c1-2-3-10-26-18-21-17(24)15-11-6-4-5-7-12(11)20-16(23(15)22-18)13-8-9-14(19)25-13/h4-9,16H,2-3,10H2,1H3,(H,21,22,24)/t16-/m1/s1. The second kappa shape index (κ2) is 7.28. The normalized spacial score (nSPS) is 18.6. The second-order valence-electron chi connectivity index (χ2n) is 5.92. The number of amidine groups is 1. The van der Waals surface area contributed by atoms with Crippen LogP contribution >= 0.6 is 27.7 Å². The highest BCUT2D eigenvalue weighted by atomic mass is 79.9. The van der Waals surface area contributed by atoms with Gasteiger partial charge in [0.15, 0.2) is 15.6 Å². The van der Waals surface area contributed by atoms with Gasteiger partial charge in [-0.15, -0.1) is 5.10 Å². The fourth-order valence-corrected chi connectivity index (χ4v) is 4.11. The molecule has 0 spiro atoms. The summed E-state index contributed by atoms with van der Waals surface area (Å²) in [4.78, 5) is 17.6. The Morgan fingerprint density at radius 1 is 1.31 bits per heavy atom. The van der Waals surface area contributed by atoms with Crippen molar-refractivity contribution in [2.45, 2.75) is 25.9 Å². The predicted molar refractivity (Wildman–Crippen MR) is 105 cm³/mol. The summed E-state index contributed by atoms with van der Waals surface area (Å²) >= 11 is 4.88. The Balaban J connectivity index is 1.83. The summed E-state index contributed by atoms with van der Waals surface area (Å²) in [6.07, 6.45) is 1.65. The molecule has 3 heterocycles. The number of nitrogens with one attached hydrogen (secondary N) is 1. The quantitative estimate of drug-likeness (QED) is 0.753. The number of para-hydroxylation sites is 1. The van der Waals surface area contributed by atoms with Crippen molar-refractivity contribution in [3.8, 4) is 0 Å². The number of carbonyl (C=O) groups is 1. The van der Waals surface area contributed by atoms with Crippen LogP contribution in [-0.2, 0) is 4.79 Å². The van der Waals surface area contributed by atoms with Crippen molar-refractivity contribution in [3.63, 3.8) is 0 Å². The zero-order valence-corrected chi connectivity index (χ0v) is 16.5. The number of thioether (sulfide) groups is 1. The molecule has 6 nitrogen and oxygen atoms in total. The summed E-state index contributed by atoms with van der Waals surface area (Å²) in [5.74, 6) is 1.36. The number of unbranched alkanes of at least 4 members (excludes halogenated alkanes) is 1. The Bertz CT molecular complexity index is 1000. The number of halogens is 1. The van der Waals surface area contributed by atoms with Crippen LogP contribution in [-0.4, -0.2) is 21.8 Å². The summed E-state index contributed by atoms with van der Waals surface area (Å²) in [5, 5.41) is 11.4. The fraction of sp³-hybridized carbons (Fsp3) is 0.278. The van der Waals surface area contributed by atoms with Crippen molar-refractivity contribution in [2.75, 3.05) is 5.75 Å². The maximum Gasteiger partial charge on any atom is 0.276 e. The van der Waals surface area contributed by atoms with E-state index in [-0.39, 0.29) is 5.91 Å². The lowest BCUT2D eigenvalue weighted by Crippen LogP contribution is -2.50. The van der Waals surface area contributed by atoms with Crippen LogP contribution in [0.5, 0.6) is 0 Å². The molecular formula is C18H17BrN4O2S. The third kappa shape index (κ3) is 3.19. The maximum atomic E-state index is 12.9. The molecule has 0 bridgehead atoms. The third-order valence-electron chi connectivity index (χ3n) is 4.10. The predicted octanol–water partition coefficient (Wildman–Crippen LogP) is 2.72. The minimum atomic E-state index is -0.515. The van der Waals surface area contributed by atoms with Crippen molar-refractivity contribution >= 4 is 44.5 Å². The van der Waals surface area contributed by atoms with Crippen molar-refractivity contribution in [3.05, 3.63) is 57.4 Å². The number of amides is 1. The van der Waals surface area contributed by atoms with E-state index in [1.807, 2.05) is 36.4 Å². The van der Waals surface area contributed by atoms with Gasteiger partial charge < -0.3 is 4.42 Å². The molecule has 0 saturated carbocycles. The average molecular weight is 433 g/mol. The molecule has 0 aliphatic carbocycles. The number of benzene rings is 1. The summed E-state index contributed by atoms with van der Waals surface area (Å²) in [7, 11) is 0. The molecule has 1 amide bonds. The van der Waals surface area contributed by atoms with E-state index in [1.165, 1.54) is 0 Å². The summed E-state index contributed by atoms with van der Waals surface area (Å²) in [5.41, 5.74) is 0.493. The van der Waals surface area contributed by atoms with Gasteiger partial charge in [-0.2, -0.15) is 0 Å². The van der Waals surface area contributed by atoms with Crippen LogP contribution in [0.3, 0.4) is 0 Å². The molecule has 0 saturated heterocycles. The van der Waals surface area contributed by atoms with Crippen molar-refractivity contribution in [1.82, 2.24) is 10.3 Å². The second-order valence-corrected chi connectivity index (χ2v) is 7.78. The van der Waals surface area contributed by atoms with Crippen LogP contribution in [0.25, 0.3) is 5.70 Å². The Hall–Kier alpha value is -2.06. The zero-order valence-electron chi connectivity index (χ0n) is 14.1. The summed E-state index contributed by atoms with van der Waals surface area (Å²) < 4.78 is 6.33. The molecule has 1 aromatic heterocycles. The van der Waals surface area contributed by atoms with E-state index in [9.17, 15) is 4.79 Å². The number of fused-ring (bicyclic) bond motifs is 2.